The molecule has 0 saturated carbocycles. The predicted octanol–water partition coefficient (Wildman–Crippen LogP) is 3.79. The Morgan fingerprint density at radius 2 is 1.07 bits per heavy atom. The van der Waals surface area contributed by atoms with Crippen molar-refractivity contribution in [1.29, 1.82) is 0 Å². The normalized spacial score (nSPS) is 18.1. The van der Waals surface area contributed by atoms with Crippen LogP contribution in [0.3, 0.4) is 0 Å². The molecular formula is C32H32N8O4. The number of rotatable bonds is 8. The standard InChI is InChI=1S/C32H32N8O4/c41-29(27-3-1-15-39(27)31(43)23-17-33-34-18-23)37-25-11-7-21(8-12-25)5-6-22-9-13-26(14-10-22)38-30(42)28-4-2-16-40(28)32(44)24-19-35-36-20-24/h5-14,17-20,27-28H,1-4,15-16H2,(H,33,34)(H,35,36)(H,37,41)(H,38,42)/b6-5+. The quantitative estimate of drug-likeness (QED) is 0.228. The molecule has 4 N–H and O–H groups in total. The number of hydrogen-bond donors (Lipinski definition) is 4. The molecular weight excluding hydrogens is 560 g/mol. The molecule has 44 heavy (non-hydrogen) atoms. The zero-order valence-electron chi connectivity index (χ0n) is 23.9. The third-order valence-electron chi connectivity index (χ3n) is 7.95. The van der Waals surface area contributed by atoms with Gasteiger partial charge in [-0.3, -0.25) is 29.4 Å². The summed E-state index contributed by atoms with van der Waals surface area (Å²) < 4.78 is 0. The fraction of sp³-hybridized carbons (Fsp3) is 0.250. The number of nitrogens with zero attached hydrogens (tertiary/aromatic N) is 4. The fourth-order valence-corrected chi connectivity index (χ4v) is 5.63. The molecule has 6 rings (SSSR count). The first kappa shape index (κ1) is 28.6. The van der Waals surface area contributed by atoms with Gasteiger partial charge in [0.1, 0.15) is 12.1 Å². The first-order valence-corrected chi connectivity index (χ1v) is 14.6. The maximum absolute atomic E-state index is 13.0. The van der Waals surface area contributed by atoms with Crippen LogP contribution < -0.4 is 10.6 Å². The van der Waals surface area contributed by atoms with Gasteiger partial charge in [0, 0.05) is 36.9 Å². The molecule has 4 aromatic rings. The lowest BCUT2D eigenvalue weighted by molar-refractivity contribution is -0.120. The largest absolute Gasteiger partial charge is 0.327 e. The van der Waals surface area contributed by atoms with E-state index >= 15 is 0 Å². The summed E-state index contributed by atoms with van der Waals surface area (Å²) in [6, 6.07) is 13.9. The molecule has 2 aromatic carbocycles. The first-order valence-electron chi connectivity index (χ1n) is 14.6. The Labute approximate surface area is 253 Å². The van der Waals surface area contributed by atoms with Crippen LogP contribution in [0, 0.1) is 0 Å². The highest BCUT2D eigenvalue weighted by molar-refractivity contribution is 6.02. The third kappa shape index (κ3) is 6.28. The van der Waals surface area contributed by atoms with Gasteiger partial charge in [0.2, 0.25) is 11.8 Å². The van der Waals surface area contributed by atoms with E-state index in [1.807, 2.05) is 60.7 Å². The van der Waals surface area contributed by atoms with Gasteiger partial charge in [-0.1, -0.05) is 36.4 Å². The number of aromatic nitrogens is 4. The average Bonchev–Trinajstić information content (AvgIpc) is 3.88. The summed E-state index contributed by atoms with van der Waals surface area (Å²) in [6.07, 6.45) is 12.7. The van der Waals surface area contributed by atoms with Gasteiger partial charge in [0.25, 0.3) is 11.8 Å². The molecule has 0 bridgehead atoms. The molecule has 2 atom stereocenters. The number of nitrogens with one attached hydrogen (secondary N) is 4. The van der Waals surface area contributed by atoms with E-state index in [0.717, 1.165) is 24.0 Å². The van der Waals surface area contributed by atoms with Crippen molar-refractivity contribution in [3.8, 4) is 0 Å². The second-order valence-electron chi connectivity index (χ2n) is 10.8. The van der Waals surface area contributed by atoms with Gasteiger partial charge in [0.05, 0.1) is 23.5 Å². The number of anilines is 2. The number of carbonyl (C=O) groups excluding carboxylic acids is 4. The minimum atomic E-state index is -0.522. The van der Waals surface area contributed by atoms with E-state index < -0.39 is 12.1 Å². The summed E-state index contributed by atoms with van der Waals surface area (Å²) >= 11 is 0. The molecule has 2 fully saturated rings. The molecule has 12 heteroatoms. The van der Waals surface area contributed by atoms with Crippen LogP contribution in [0.25, 0.3) is 12.2 Å². The molecule has 2 aromatic heterocycles. The molecule has 0 radical (unpaired) electrons. The third-order valence-corrected chi connectivity index (χ3v) is 7.95. The lowest BCUT2D eigenvalue weighted by Gasteiger charge is -2.23. The van der Waals surface area contributed by atoms with Gasteiger partial charge >= 0.3 is 0 Å². The highest BCUT2D eigenvalue weighted by Gasteiger charge is 2.36. The van der Waals surface area contributed by atoms with E-state index in [4.69, 9.17) is 0 Å². The van der Waals surface area contributed by atoms with Crippen LogP contribution in [0.5, 0.6) is 0 Å². The molecule has 2 aliphatic rings. The van der Waals surface area contributed by atoms with Crippen LogP contribution in [0.2, 0.25) is 0 Å². The van der Waals surface area contributed by atoms with Crippen LogP contribution in [0.15, 0.2) is 73.3 Å². The summed E-state index contributed by atoms with van der Waals surface area (Å²) in [6.45, 7) is 1.07. The van der Waals surface area contributed by atoms with E-state index in [2.05, 4.69) is 31.0 Å². The zero-order valence-corrected chi connectivity index (χ0v) is 23.9. The average molecular weight is 593 g/mol. The van der Waals surface area contributed by atoms with Crippen molar-refractivity contribution in [3.05, 3.63) is 95.6 Å². The lowest BCUT2D eigenvalue weighted by Crippen LogP contribution is -2.43. The Hall–Kier alpha value is -5.52. The van der Waals surface area contributed by atoms with E-state index in [1.165, 1.54) is 24.8 Å². The Kier molecular flexibility index (Phi) is 8.30. The number of H-pyrrole nitrogens is 2. The Bertz CT molecular complexity index is 1520. The highest BCUT2D eigenvalue weighted by Crippen LogP contribution is 2.24. The Morgan fingerprint density at radius 1 is 0.659 bits per heavy atom. The Morgan fingerprint density at radius 3 is 1.43 bits per heavy atom. The van der Waals surface area contributed by atoms with Gasteiger partial charge < -0.3 is 20.4 Å². The van der Waals surface area contributed by atoms with Gasteiger partial charge in [0.15, 0.2) is 0 Å². The van der Waals surface area contributed by atoms with Gasteiger partial charge in [-0.05, 0) is 61.1 Å². The van der Waals surface area contributed by atoms with Crippen molar-refractivity contribution in [3.63, 3.8) is 0 Å². The number of likely N-dealkylation sites (tertiary alicyclic amines) is 2. The molecule has 0 aliphatic carbocycles. The van der Waals surface area contributed by atoms with Gasteiger partial charge in [-0.2, -0.15) is 10.2 Å². The second-order valence-corrected chi connectivity index (χ2v) is 10.8. The molecule has 0 spiro atoms. The first-order chi connectivity index (χ1) is 21.5. The number of amides is 4. The number of carbonyl (C=O) groups is 4. The van der Waals surface area contributed by atoms with E-state index in [9.17, 15) is 19.2 Å². The monoisotopic (exact) mass is 592 g/mol. The van der Waals surface area contributed by atoms with Gasteiger partial charge in [-0.15, -0.1) is 0 Å². The molecule has 2 unspecified atom stereocenters. The Balaban J connectivity index is 1.01. The summed E-state index contributed by atoms with van der Waals surface area (Å²) in [7, 11) is 0. The van der Waals surface area contributed by atoms with Crippen LogP contribution in [0.4, 0.5) is 11.4 Å². The van der Waals surface area contributed by atoms with Crippen molar-refractivity contribution < 1.29 is 19.2 Å². The molecule has 4 heterocycles. The van der Waals surface area contributed by atoms with Crippen molar-refractivity contribution in [1.82, 2.24) is 30.2 Å². The van der Waals surface area contributed by atoms with E-state index in [0.29, 0.717) is 48.4 Å². The molecule has 224 valence electrons. The highest BCUT2D eigenvalue weighted by atomic mass is 16.2. The minimum absolute atomic E-state index is 0.203. The lowest BCUT2D eigenvalue weighted by atomic mass is 10.1. The maximum Gasteiger partial charge on any atom is 0.257 e. The SMILES string of the molecule is O=C(Nc1ccc(/C=C/c2ccc(NC(=O)C3CCCN3C(=O)c3cn[nH]c3)cc2)cc1)C1CCCN1C(=O)c1cn[nH]c1. The fourth-order valence-electron chi connectivity index (χ4n) is 5.63. The smallest absolute Gasteiger partial charge is 0.257 e. The predicted molar refractivity (Wildman–Crippen MR) is 164 cm³/mol. The van der Waals surface area contributed by atoms with Crippen molar-refractivity contribution >= 4 is 47.2 Å². The van der Waals surface area contributed by atoms with E-state index in [-0.39, 0.29) is 23.6 Å². The number of hydrogen-bond acceptors (Lipinski definition) is 6. The van der Waals surface area contributed by atoms with Crippen molar-refractivity contribution in [2.24, 2.45) is 0 Å². The van der Waals surface area contributed by atoms with E-state index in [1.54, 1.807) is 9.80 Å². The second kappa shape index (κ2) is 12.8. The van der Waals surface area contributed by atoms with Crippen LogP contribution in [0.1, 0.15) is 57.5 Å². The topological polar surface area (TPSA) is 156 Å². The molecule has 12 nitrogen and oxygen atoms in total. The van der Waals surface area contributed by atoms with Crippen LogP contribution >= 0.6 is 0 Å². The number of benzene rings is 2. The van der Waals surface area contributed by atoms with Crippen LogP contribution in [-0.2, 0) is 9.59 Å². The summed E-state index contributed by atoms with van der Waals surface area (Å²) in [5.74, 6) is -0.823. The summed E-state index contributed by atoms with van der Waals surface area (Å²) in [4.78, 5) is 54.6. The van der Waals surface area contributed by atoms with Gasteiger partial charge in [-0.25, -0.2) is 0 Å². The number of aromatic amines is 2. The molecule has 2 aliphatic heterocycles. The van der Waals surface area contributed by atoms with Crippen LogP contribution in [-0.4, -0.2) is 79.0 Å². The zero-order chi connectivity index (χ0) is 30.5. The molecule has 4 amide bonds. The van der Waals surface area contributed by atoms with Crippen molar-refractivity contribution in [2.75, 3.05) is 23.7 Å². The summed E-state index contributed by atoms with van der Waals surface area (Å²) in [5, 5.41) is 18.8. The summed E-state index contributed by atoms with van der Waals surface area (Å²) in [5.41, 5.74) is 4.08. The van der Waals surface area contributed by atoms with Crippen molar-refractivity contribution in [2.45, 2.75) is 37.8 Å². The minimum Gasteiger partial charge on any atom is -0.327 e. The maximum atomic E-state index is 13.0. The molecule has 2 saturated heterocycles.